The van der Waals surface area contributed by atoms with Crippen LogP contribution in [0.3, 0.4) is 0 Å². The number of hydrogen-bond donors (Lipinski definition) is 2. The molecule has 1 aliphatic rings. The Morgan fingerprint density at radius 2 is 1.75 bits per heavy atom. The second kappa shape index (κ2) is 8.09. The smallest absolute Gasteiger partial charge is 0.119 e. The molecule has 0 aliphatic carbocycles. The van der Waals surface area contributed by atoms with E-state index in [0.29, 0.717) is 19.8 Å². The molecule has 5 nitrogen and oxygen atoms in total. The van der Waals surface area contributed by atoms with Crippen molar-refractivity contribution in [2.75, 3.05) is 45.9 Å². The van der Waals surface area contributed by atoms with Gasteiger partial charge < -0.3 is 19.9 Å². The van der Waals surface area contributed by atoms with E-state index in [4.69, 9.17) is 9.47 Å². The topological polar surface area (TPSA) is 54.0 Å². The number of piperazine rings is 1. The fourth-order valence-corrected chi connectivity index (χ4v) is 2.24. The van der Waals surface area contributed by atoms with Crippen molar-refractivity contribution in [3.63, 3.8) is 0 Å². The summed E-state index contributed by atoms with van der Waals surface area (Å²) in [7, 11) is 0. The Labute approximate surface area is 120 Å². The molecule has 1 aliphatic heterocycles. The van der Waals surface area contributed by atoms with Crippen LogP contribution in [0.5, 0.6) is 11.5 Å². The van der Waals surface area contributed by atoms with Crippen LogP contribution in [-0.2, 0) is 0 Å². The molecule has 1 aromatic carbocycles. The van der Waals surface area contributed by atoms with E-state index >= 15 is 0 Å². The minimum absolute atomic E-state index is 0.317. The van der Waals surface area contributed by atoms with E-state index in [2.05, 4.69) is 10.2 Å². The maximum absolute atomic E-state index is 9.99. The number of hydrogen-bond acceptors (Lipinski definition) is 5. The second-order valence-electron chi connectivity index (χ2n) is 4.92. The Kier molecular flexibility index (Phi) is 6.11. The molecule has 1 saturated heterocycles. The van der Waals surface area contributed by atoms with Gasteiger partial charge in [-0.1, -0.05) is 0 Å². The highest BCUT2D eigenvalue weighted by Gasteiger charge is 2.14. The zero-order chi connectivity index (χ0) is 14.2. The summed E-state index contributed by atoms with van der Waals surface area (Å²) in [6.45, 7) is 7.55. The molecule has 1 fully saturated rings. The van der Waals surface area contributed by atoms with Gasteiger partial charge in [0.2, 0.25) is 0 Å². The Bertz CT molecular complexity index is 377. The minimum Gasteiger partial charge on any atom is -0.494 e. The highest BCUT2D eigenvalue weighted by Crippen LogP contribution is 2.17. The van der Waals surface area contributed by atoms with Gasteiger partial charge in [-0.15, -0.1) is 0 Å². The van der Waals surface area contributed by atoms with Gasteiger partial charge in [0.25, 0.3) is 0 Å². The third kappa shape index (κ3) is 5.00. The quantitative estimate of drug-likeness (QED) is 0.771. The van der Waals surface area contributed by atoms with Gasteiger partial charge in [0.05, 0.1) is 6.61 Å². The van der Waals surface area contributed by atoms with Crippen LogP contribution in [0.15, 0.2) is 24.3 Å². The Hall–Kier alpha value is -1.30. The van der Waals surface area contributed by atoms with E-state index < -0.39 is 6.10 Å². The van der Waals surface area contributed by atoms with Crippen LogP contribution in [0.1, 0.15) is 6.92 Å². The number of aliphatic hydroxyl groups excluding tert-OH is 1. The van der Waals surface area contributed by atoms with E-state index in [1.54, 1.807) is 0 Å². The number of nitrogens with zero attached hydrogens (tertiary/aromatic N) is 1. The molecule has 1 atom stereocenters. The van der Waals surface area contributed by atoms with E-state index in [1.165, 1.54) is 0 Å². The van der Waals surface area contributed by atoms with Crippen molar-refractivity contribution in [2.45, 2.75) is 13.0 Å². The fourth-order valence-electron chi connectivity index (χ4n) is 2.24. The number of rotatable bonds is 7. The standard InChI is InChI=1S/C15H24N2O3/c1-2-19-14-3-5-15(6-4-14)20-12-13(18)11-17-9-7-16-8-10-17/h3-6,13,16,18H,2,7-12H2,1H3. The minimum atomic E-state index is -0.459. The lowest BCUT2D eigenvalue weighted by Gasteiger charge is -2.29. The van der Waals surface area contributed by atoms with Gasteiger partial charge in [0, 0.05) is 32.7 Å². The van der Waals surface area contributed by atoms with Gasteiger partial charge >= 0.3 is 0 Å². The molecule has 0 aromatic heterocycles. The third-order valence-electron chi connectivity index (χ3n) is 3.26. The van der Waals surface area contributed by atoms with Crippen molar-refractivity contribution in [1.29, 1.82) is 0 Å². The maximum Gasteiger partial charge on any atom is 0.119 e. The second-order valence-corrected chi connectivity index (χ2v) is 4.92. The van der Waals surface area contributed by atoms with Crippen LogP contribution >= 0.6 is 0 Å². The average molecular weight is 280 g/mol. The third-order valence-corrected chi connectivity index (χ3v) is 3.26. The van der Waals surface area contributed by atoms with E-state index in [9.17, 15) is 5.11 Å². The SMILES string of the molecule is CCOc1ccc(OCC(O)CN2CCNCC2)cc1. The molecular weight excluding hydrogens is 256 g/mol. The average Bonchev–Trinajstić information content (AvgIpc) is 2.48. The van der Waals surface area contributed by atoms with Crippen molar-refractivity contribution in [3.05, 3.63) is 24.3 Å². The van der Waals surface area contributed by atoms with Crippen LogP contribution in [0.2, 0.25) is 0 Å². The lowest BCUT2D eigenvalue weighted by atomic mass is 10.3. The predicted octanol–water partition coefficient (Wildman–Crippen LogP) is 0.730. The largest absolute Gasteiger partial charge is 0.494 e. The van der Waals surface area contributed by atoms with Gasteiger partial charge in [0.1, 0.15) is 24.2 Å². The summed E-state index contributed by atoms with van der Waals surface area (Å²) in [4.78, 5) is 2.25. The molecule has 0 saturated carbocycles. The van der Waals surface area contributed by atoms with Crippen molar-refractivity contribution in [2.24, 2.45) is 0 Å². The molecule has 112 valence electrons. The van der Waals surface area contributed by atoms with Crippen molar-refractivity contribution in [1.82, 2.24) is 10.2 Å². The molecule has 1 heterocycles. The number of ether oxygens (including phenoxy) is 2. The summed E-state index contributed by atoms with van der Waals surface area (Å²) in [6.07, 6.45) is -0.459. The number of nitrogens with one attached hydrogen (secondary N) is 1. The molecule has 2 N–H and O–H groups in total. The van der Waals surface area contributed by atoms with Gasteiger partial charge in [-0.3, -0.25) is 4.90 Å². The van der Waals surface area contributed by atoms with Gasteiger partial charge in [-0.25, -0.2) is 0 Å². The van der Waals surface area contributed by atoms with Crippen LogP contribution in [-0.4, -0.2) is 62.0 Å². The van der Waals surface area contributed by atoms with Crippen LogP contribution in [0.4, 0.5) is 0 Å². The molecule has 0 radical (unpaired) electrons. The van der Waals surface area contributed by atoms with Gasteiger partial charge in [-0.05, 0) is 31.2 Å². The lowest BCUT2D eigenvalue weighted by Crippen LogP contribution is -2.47. The summed E-state index contributed by atoms with van der Waals surface area (Å²) < 4.78 is 11.0. The first-order chi connectivity index (χ1) is 9.78. The number of aliphatic hydroxyl groups is 1. The fraction of sp³-hybridized carbons (Fsp3) is 0.600. The molecule has 5 heteroatoms. The predicted molar refractivity (Wildman–Crippen MR) is 78.4 cm³/mol. The molecule has 1 aromatic rings. The summed E-state index contributed by atoms with van der Waals surface area (Å²) >= 11 is 0. The van der Waals surface area contributed by atoms with E-state index in [0.717, 1.165) is 37.7 Å². The van der Waals surface area contributed by atoms with Crippen LogP contribution < -0.4 is 14.8 Å². The summed E-state index contributed by atoms with van der Waals surface area (Å²) in [6, 6.07) is 7.48. The molecule has 2 rings (SSSR count). The molecule has 1 unspecified atom stereocenters. The number of β-amino-alcohol motifs (C(OH)–C–C–N with tert-alkyl or cyclic N) is 1. The molecule has 0 bridgehead atoms. The molecule has 0 spiro atoms. The molecule has 20 heavy (non-hydrogen) atoms. The first-order valence-corrected chi connectivity index (χ1v) is 7.24. The highest BCUT2D eigenvalue weighted by atomic mass is 16.5. The van der Waals surface area contributed by atoms with Gasteiger partial charge in [0.15, 0.2) is 0 Å². The Morgan fingerprint density at radius 1 is 1.15 bits per heavy atom. The monoisotopic (exact) mass is 280 g/mol. The van der Waals surface area contributed by atoms with Crippen molar-refractivity contribution in [3.8, 4) is 11.5 Å². The first kappa shape index (κ1) is 15.1. The molecule has 0 amide bonds. The maximum atomic E-state index is 9.99. The van der Waals surface area contributed by atoms with Crippen LogP contribution in [0, 0.1) is 0 Å². The normalized spacial score (nSPS) is 17.7. The van der Waals surface area contributed by atoms with Crippen LogP contribution in [0.25, 0.3) is 0 Å². The first-order valence-electron chi connectivity index (χ1n) is 7.24. The highest BCUT2D eigenvalue weighted by molar-refractivity contribution is 5.31. The molecular formula is C15H24N2O3. The van der Waals surface area contributed by atoms with E-state index in [1.807, 2.05) is 31.2 Å². The zero-order valence-electron chi connectivity index (χ0n) is 12.0. The Balaban J connectivity index is 1.70. The lowest BCUT2D eigenvalue weighted by molar-refractivity contribution is 0.0641. The summed E-state index contributed by atoms with van der Waals surface area (Å²) in [5, 5.41) is 13.3. The van der Waals surface area contributed by atoms with Crippen molar-refractivity contribution < 1.29 is 14.6 Å². The summed E-state index contributed by atoms with van der Waals surface area (Å²) in [5.41, 5.74) is 0. The summed E-state index contributed by atoms with van der Waals surface area (Å²) in [5.74, 6) is 1.59. The Morgan fingerprint density at radius 3 is 2.35 bits per heavy atom. The zero-order valence-corrected chi connectivity index (χ0v) is 12.0. The van der Waals surface area contributed by atoms with Crippen molar-refractivity contribution >= 4 is 0 Å². The van der Waals surface area contributed by atoms with Gasteiger partial charge in [-0.2, -0.15) is 0 Å². The number of benzene rings is 1. The van der Waals surface area contributed by atoms with E-state index in [-0.39, 0.29) is 0 Å².